The Kier molecular flexibility index (Phi) is 5.35. The lowest BCUT2D eigenvalue weighted by Gasteiger charge is -2.17. The van der Waals surface area contributed by atoms with Gasteiger partial charge in [-0.1, -0.05) is 25.5 Å². The number of aryl methyl sites for hydroxylation is 1. The van der Waals surface area contributed by atoms with Gasteiger partial charge in [-0.25, -0.2) is 0 Å². The third kappa shape index (κ3) is 4.05. The number of ether oxygens (including phenoxy) is 1. The number of hydrogen-bond acceptors (Lipinski definition) is 3. The summed E-state index contributed by atoms with van der Waals surface area (Å²) in [6, 6.07) is 3.72. The largest absolute Gasteiger partial charge is 0.464 e. The first-order valence-electron chi connectivity index (χ1n) is 8.28. The molecule has 4 nitrogen and oxygen atoms in total. The normalized spacial score (nSPS) is 23.2. The van der Waals surface area contributed by atoms with Crippen molar-refractivity contribution in [3.8, 4) is 0 Å². The van der Waals surface area contributed by atoms with Crippen LogP contribution >= 0.6 is 0 Å². The van der Waals surface area contributed by atoms with Crippen LogP contribution in [0.2, 0.25) is 0 Å². The second kappa shape index (κ2) is 6.91. The van der Waals surface area contributed by atoms with Gasteiger partial charge < -0.3 is 14.5 Å². The van der Waals surface area contributed by atoms with Crippen molar-refractivity contribution in [2.75, 3.05) is 13.7 Å². The van der Waals surface area contributed by atoms with Gasteiger partial charge in [0.1, 0.15) is 11.5 Å². The number of carbonyl (C=O) groups excluding carboxylic acids is 1. The lowest BCUT2D eigenvalue weighted by Crippen LogP contribution is -2.31. The fourth-order valence-corrected chi connectivity index (χ4v) is 3.27. The number of amides is 1. The second-order valence-electron chi connectivity index (χ2n) is 7.36. The monoisotopic (exact) mass is 319 g/mol. The molecule has 23 heavy (non-hydrogen) atoms. The molecule has 0 saturated heterocycles. The number of hydrogen-bond donors (Lipinski definition) is 1. The number of methoxy groups -OCH3 is 1. The van der Waals surface area contributed by atoms with E-state index in [4.69, 9.17) is 9.15 Å². The van der Waals surface area contributed by atoms with Crippen molar-refractivity contribution in [1.82, 2.24) is 5.32 Å². The number of carbonyl (C=O) groups is 1. The summed E-state index contributed by atoms with van der Waals surface area (Å²) in [5, 5.41) is 3.16. The molecule has 0 spiro atoms. The van der Waals surface area contributed by atoms with Gasteiger partial charge in [-0.05, 0) is 50.7 Å². The van der Waals surface area contributed by atoms with Gasteiger partial charge in [0.05, 0.1) is 12.0 Å². The molecule has 1 aromatic heterocycles. The summed E-state index contributed by atoms with van der Waals surface area (Å²) < 4.78 is 10.9. The first-order chi connectivity index (χ1) is 10.8. The zero-order valence-electron chi connectivity index (χ0n) is 15.1. The topological polar surface area (TPSA) is 51.5 Å². The Morgan fingerprint density at radius 1 is 1.43 bits per heavy atom. The van der Waals surface area contributed by atoms with Gasteiger partial charge >= 0.3 is 0 Å². The summed E-state index contributed by atoms with van der Waals surface area (Å²) in [5.74, 6) is 2.09. The van der Waals surface area contributed by atoms with Crippen molar-refractivity contribution in [2.45, 2.75) is 47.1 Å². The van der Waals surface area contributed by atoms with E-state index >= 15 is 0 Å². The Morgan fingerprint density at radius 3 is 2.65 bits per heavy atom. The highest BCUT2D eigenvalue weighted by atomic mass is 16.5. The van der Waals surface area contributed by atoms with Gasteiger partial charge in [0.2, 0.25) is 5.91 Å². The maximum atomic E-state index is 12.7. The summed E-state index contributed by atoms with van der Waals surface area (Å²) in [6.45, 7) is 11.0. The molecule has 0 radical (unpaired) electrons. The molecule has 3 atom stereocenters. The predicted octanol–water partition coefficient (Wildman–Crippen LogP) is 4.02. The van der Waals surface area contributed by atoms with Crippen molar-refractivity contribution in [3.63, 3.8) is 0 Å². The van der Waals surface area contributed by atoms with E-state index in [0.717, 1.165) is 11.5 Å². The van der Waals surface area contributed by atoms with Crippen LogP contribution in [-0.2, 0) is 9.53 Å². The second-order valence-corrected chi connectivity index (χ2v) is 7.36. The number of nitrogens with one attached hydrogen (secondary N) is 1. The maximum Gasteiger partial charge on any atom is 0.224 e. The number of rotatable bonds is 7. The van der Waals surface area contributed by atoms with Crippen LogP contribution in [0, 0.1) is 24.2 Å². The van der Waals surface area contributed by atoms with Crippen molar-refractivity contribution in [2.24, 2.45) is 17.3 Å². The fourth-order valence-electron chi connectivity index (χ4n) is 3.27. The molecule has 128 valence electrons. The van der Waals surface area contributed by atoms with E-state index in [1.807, 2.05) is 19.1 Å². The first-order valence-corrected chi connectivity index (χ1v) is 8.28. The number of furan rings is 1. The van der Waals surface area contributed by atoms with Crippen molar-refractivity contribution in [3.05, 3.63) is 35.3 Å². The maximum absolute atomic E-state index is 12.7. The van der Waals surface area contributed by atoms with Crippen LogP contribution in [0.4, 0.5) is 0 Å². The third-order valence-corrected chi connectivity index (χ3v) is 4.74. The lowest BCUT2D eigenvalue weighted by atomic mass is 10.1. The lowest BCUT2D eigenvalue weighted by molar-refractivity contribution is -0.124. The molecule has 4 heteroatoms. The van der Waals surface area contributed by atoms with Crippen LogP contribution in [0.25, 0.3) is 0 Å². The molecule has 1 heterocycles. The average molecular weight is 319 g/mol. The van der Waals surface area contributed by atoms with Crippen LogP contribution < -0.4 is 5.32 Å². The van der Waals surface area contributed by atoms with Gasteiger partial charge in [0, 0.05) is 13.7 Å². The Labute approximate surface area is 139 Å². The third-order valence-electron chi connectivity index (χ3n) is 4.74. The molecular formula is C19H29NO3. The van der Waals surface area contributed by atoms with Crippen LogP contribution in [0.15, 0.2) is 28.2 Å². The van der Waals surface area contributed by atoms with E-state index in [1.165, 1.54) is 5.57 Å². The Bertz CT molecular complexity index is 581. The molecular weight excluding hydrogens is 290 g/mol. The Balaban J connectivity index is 2.08. The summed E-state index contributed by atoms with van der Waals surface area (Å²) in [5.41, 5.74) is 1.28. The summed E-state index contributed by atoms with van der Waals surface area (Å²) in [6.07, 6.45) is 2.92. The fraction of sp³-hybridized carbons (Fsp3) is 0.632. The van der Waals surface area contributed by atoms with Gasteiger partial charge in [0.15, 0.2) is 0 Å². The molecule has 1 N–H and O–H groups in total. The molecule has 1 saturated carbocycles. The van der Waals surface area contributed by atoms with E-state index in [9.17, 15) is 4.79 Å². The minimum Gasteiger partial charge on any atom is -0.464 e. The predicted molar refractivity (Wildman–Crippen MR) is 91.0 cm³/mol. The van der Waals surface area contributed by atoms with Crippen LogP contribution in [0.1, 0.15) is 51.7 Å². The van der Waals surface area contributed by atoms with E-state index < -0.39 is 0 Å². The SMILES string of the molecule is COCC[C@H](NC(=O)[C@H]1[C@H](C=C(C)C)C1(C)C)c1ccc(C)o1. The molecule has 1 aliphatic carbocycles. The van der Waals surface area contributed by atoms with Gasteiger partial charge in [-0.2, -0.15) is 0 Å². The Morgan fingerprint density at radius 2 is 2.13 bits per heavy atom. The molecule has 0 unspecified atom stereocenters. The highest BCUT2D eigenvalue weighted by Crippen LogP contribution is 2.59. The molecule has 1 amide bonds. The van der Waals surface area contributed by atoms with E-state index in [1.54, 1.807) is 7.11 Å². The number of allylic oxidation sites excluding steroid dienone is 2. The molecule has 1 fully saturated rings. The first kappa shape index (κ1) is 17.8. The van der Waals surface area contributed by atoms with Crippen molar-refractivity contribution in [1.29, 1.82) is 0 Å². The highest BCUT2D eigenvalue weighted by Gasteiger charge is 2.60. The zero-order valence-corrected chi connectivity index (χ0v) is 15.1. The summed E-state index contributed by atoms with van der Waals surface area (Å²) >= 11 is 0. The molecule has 1 aliphatic rings. The molecule has 1 aromatic rings. The van der Waals surface area contributed by atoms with Crippen LogP contribution in [-0.4, -0.2) is 19.6 Å². The minimum absolute atomic E-state index is 0.0201. The van der Waals surface area contributed by atoms with E-state index in [-0.39, 0.29) is 23.3 Å². The van der Waals surface area contributed by atoms with Gasteiger partial charge in [-0.15, -0.1) is 0 Å². The summed E-state index contributed by atoms with van der Waals surface area (Å²) in [4.78, 5) is 12.7. The van der Waals surface area contributed by atoms with Gasteiger partial charge in [0.25, 0.3) is 0 Å². The molecule has 0 aliphatic heterocycles. The molecule has 0 aromatic carbocycles. The highest BCUT2D eigenvalue weighted by molar-refractivity contribution is 5.84. The van der Waals surface area contributed by atoms with Crippen molar-refractivity contribution >= 4 is 5.91 Å². The van der Waals surface area contributed by atoms with Gasteiger partial charge in [-0.3, -0.25) is 4.79 Å². The quantitative estimate of drug-likeness (QED) is 0.772. The minimum atomic E-state index is -0.139. The standard InChI is InChI=1S/C19H29NO3/c1-12(2)11-14-17(19(14,4)5)18(21)20-15(9-10-22-6)16-8-7-13(3)23-16/h7-8,11,14-15,17H,9-10H2,1-6H3,(H,20,21)/t14-,15-,17+/m0/s1. The van der Waals surface area contributed by atoms with E-state index in [2.05, 4.69) is 39.1 Å². The average Bonchev–Trinajstić information content (AvgIpc) is 2.80. The van der Waals surface area contributed by atoms with Crippen molar-refractivity contribution < 1.29 is 13.9 Å². The summed E-state index contributed by atoms with van der Waals surface area (Å²) in [7, 11) is 1.67. The van der Waals surface area contributed by atoms with Crippen LogP contribution in [0.3, 0.4) is 0 Å². The van der Waals surface area contributed by atoms with Crippen LogP contribution in [0.5, 0.6) is 0 Å². The molecule has 2 rings (SSSR count). The molecule has 0 bridgehead atoms. The van der Waals surface area contributed by atoms with E-state index in [0.29, 0.717) is 18.9 Å². The smallest absolute Gasteiger partial charge is 0.224 e. The Hall–Kier alpha value is -1.55. The zero-order chi connectivity index (χ0) is 17.2.